The number of carboxylic acids is 1. The van der Waals surface area contributed by atoms with E-state index in [1.165, 1.54) is 30.9 Å². The summed E-state index contributed by atoms with van der Waals surface area (Å²) in [6, 6.07) is 17.0. The zero-order chi connectivity index (χ0) is 32.5. The number of aromatic nitrogens is 2. The number of nitrogens with zero attached hydrogens (tertiary/aromatic N) is 2. The third-order valence-electron chi connectivity index (χ3n) is 10.1. The Labute approximate surface area is 273 Å². The molecule has 0 spiro atoms. The predicted molar refractivity (Wildman–Crippen MR) is 179 cm³/mol. The van der Waals surface area contributed by atoms with Crippen molar-refractivity contribution in [3.8, 4) is 22.8 Å². The van der Waals surface area contributed by atoms with Gasteiger partial charge in [-0.2, -0.15) is 0 Å². The van der Waals surface area contributed by atoms with Crippen LogP contribution in [0.25, 0.3) is 28.4 Å². The smallest absolute Gasteiger partial charge is 0.328 e. The van der Waals surface area contributed by atoms with Gasteiger partial charge in [0.25, 0.3) is 5.91 Å². The van der Waals surface area contributed by atoms with Gasteiger partial charge in [0.2, 0.25) is 0 Å². The lowest BCUT2D eigenvalue weighted by Gasteiger charge is -2.41. The van der Waals surface area contributed by atoms with Gasteiger partial charge >= 0.3 is 5.97 Å². The fraction of sp³-hybridized carbons (Fsp3) is 0.368. The first-order valence-corrected chi connectivity index (χ1v) is 16.6. The molecular formula is C38H39N3O6. The first kappa shape index (κ1) is 30.7. The van der Waals surface area contributed by atoms with Crippen LogP contribution in [0.4, 0.5) is 0 Å². The Bertz CT molecular complexity index is 1880. The fourth-order valence-electron chi connectivity index (χ4n) is 7.43. The Morgan fingerprint density at radius 1 is 1.04 bits per heavy atom. The molecule has 7 rings (SSSR count). The topological polar surface area (TPSA) is 120 Å². The van der Waals surface area contributed by atoms with Crippen molar-refractivity contribution >= 4 is 34.8 Å². The number of hydrogen-bond donors (Lipinski definition) is 2. The van der Waals surface area contributed by atoms with Crippen LogP contribution in [0.15, 0.2) is 60.7 Å². The van der Waals surface area contributed by atoms with Crippen molar-refractivity contribution in [1.29, 1.82) is 0 Å². The first-order valence-electron chi connectivity index (χ1n) is 16.6. The highest BCUT2D eigenvalue weighted by atomic mass is 16.5. The van der Waals surface area contributed by atoms with Crippen LogP contribution in [-0.2, 0) is 22.6 Å². The molecule has 0 unspecified atom stereocenters. The van der Waals surface area contributed by atoms with E-state index in [-0.39, 0.29) is 18.1 Å². The zero-order valence-electron chi connectivity index (χ0n) is 26.6. The summed E-state index contributed by atoms with van der Waals surface area (Å²) >= 11 is 0. The summed E-state index contributed by atoms with van der Waals surface area (Å²) in [6.45, 7) is 1.06. The first-order chi connectivity index (χ1) is 22.8. The molecule has 4 aromatic rings. The van der Waals surface area contributed by atoms with Crippen LogP contribution in [0.5, 0.6) is 11.5 Å². The maximum absolute atomic E-state index is 13.8. The van der Waals surface area contributed by atoms with Gasteiger partial charge in [-0.3, -0.25) is 9.59 Å². The molecule has 0 atom stereocenters. The highest BCUT2D eigenvalue weighted by molar-refractivity contribution is 6.02. The second-order valence-electron chi connectivity index (χ2n) is 12.9. The van der Waals surface area contributed by atoms with Crippen LogP contribution in [-0.4, -0.2) is 51.6 Å². The Kier molecular flexibility index (Phi) is 8.30. The van der Waals surface area contributed by atoms with Crippen LogP contribution in [0, 0.1) is 0 Å². The number of ether oxygens (including phenoxy) is 2. The molecule has 2 N–H and O–H groups in total. The maximum atomic E-state index is 13.8. The summed E-state index contributed by atoms with van der Waals surface area (Å²) in [4.78, 5) is 43.2. The Balaban J connectivity index is 1.19. The fourth-order valence-corrected chi connectivity index (χ4v) is 7.43. The molecule has 1 aliphatic heterocycles. The van der Waals surface area contributed by atoms with Crippen LogP contribution in [0.1, 0.15) is 84.5 Å². The van der Waals surface area contributed by atoms with E-state index in [4.69, 9.17) is 19.6 Å². The number of amides is 1. The number of pyridine rings is 1. The number of fused-ring (bicyclic) bond motifs is 5. The predicted octanol–water partition coefficient (Wildman–Crippen LogP) is 6.71. The number of carbonyl (C=O) groups excluding carboxylic acids is 2. The number of carboxylic acid groups (broad SMARTS) is 1. The SMILES string of the molecule is COc1ccc2c(c1)OCCn1c-2c(C2CCCCC2)c2ccc(C(=O)NC3(C(=O)Cc4ccc(/C=C/C(=O)O)cc4)CCC3)nc21. The molecule has 9 nitrogen and oxygen atoms in total. The molecule has 3 heterocycles. The third kappa shape index (κ3) is 5.90. The zero-order valence-corrected chi connectivity index (χ0v) is 26.6. The molecule has 0 radical (unpaired) electrons. The van der Waals surface area contributed by atoms with Crippen LogP contribution in [0.2, 0.25) is 0 Å². The quantitative estimate of drug-likeness (QED) is 0.197. The van der Waals surface area contributed by atoms with Gasteiger partial charge in [0.15, 0.2) is 5.78 Å². The van der Waals surface area contributed by atoms with E-state index in [1.54, 1.807) is 25.3 Å². The minimum atomic E-state index is -1.02. The molecule has 0 bridgehead atoms. The van der Waals surface area contributed by atoms with Crippen molar-refractivity contribution in [2.45, 2.75) is 75.8 Å². The summed E-state index contributed by atoms with van der Waals surface area (Å²) in [5, 5.41) is 13.0. The lowest BCUT2D eigenvalue weighted by molar-refractivity contribution is -0.131. The molecule has 2 aliphatic carbocycles. The number of ketones is 1. The number of methoxy groups -OCH3 is 1. The standard InChI is InChI=1S/C38H39N3O6/c1-46-27-13-14-28-31(23-27)47-21-20-41-35(28)34(26-6-3-2-4-7-26)29-15-16-30(39-36(29)41)37(45)40-38(18-5-19-38)32(42)22-25-10-8-24(9-11-25)12-17-33(43)44/h8-17,23,26H,2-7,18-22H2,1H3,(H,40,45)(H,43,44)/b17-12+. The van der Waals surface area contributed by atoms with E-state index < -0.39 is 11.5 Å². The monoisotopic (exact) mass is 633 g/mol. The molecule has 0 saturated heterocycles. The van der Waals surface area contributed by atoms with E-state index in [9.17, 15) is 14.4 Å². The van der Waals surface area contributed by atoms with Crippen LogP contribution in [0.3, 0.4) is 0 Å². The number of hydrogen-bond acceptors (Lipinski definition) is 6. The molecular weight excluding hydrogens is 594 g/mol. The van der Waals surface area contributed by atoms with E-state index in [0.29, 0.717) is 37.6 Å². The number of aliphatic carboxylic acids is 1. The molecule has 9 heteroatoms. The van der Waals surface area contributed by atoms with E-state index in [0.717, 1.165) is 70.3 Å². The molecule has 3 aliphatic rings. The molecule has 2 fully saturated rings. The summed E-state index contributed by atoms with van der Waals surface area (Å²) in [5.74, 6) is 0.533. The van der Waals surface area contributed by atoms with Crippen molar-refractivity contribution in [3.05, 3.63) is 83.1 Å². The van der Waals surface area contributed by atoms with Gasteiger partial charge < -0.3 is 24.5 Å². The molecule has 2 aromatic carbocycles. The van der Waals surface area contributed by atoms with E-state index in [2.05, 4.69) is 16.0 Å². The number of rotatable bonds is 9. The third-order valence-corrected chi connectivity index (χ3v) is 10.1. The van der Waals surface area contributed by atoms with E-state index >= 15 is 0 Å². The minimum Gasteiger partial charge on any atom is -0.497 e. The second-order valence-corrected chi connectivity index (χ2v) is 12.9. The van der Waals surface area contributed by atoms with Crippen molar-refractivity contribution in [2.75, 3.05) is 13.7 Å². The van der Waals surface area contributed by atoms with Gasteiger partial charge in [0, 0.05) is 29.5 Å². The van der Waals surface area contributed by atoms with Gasteiger partial charge in [0.05, 0.1) is 24.9 Å². The maximum Gasteiger partial charge on any atom is 0.328 e. The number of Topliss-reactive ketones (excluding diaryl/α,β-unsaturated/α-hetero) is 1. The minimum absolute atomic E-state index is 0.0349. The molecule has 47 heavy (non-hydrogen) atoms. The number of carbonyl (C=O) groups is 3. The van der Waals surface area contributed by atoms with Gasteiger partial charge in [-0.25, -0.2) is 9.78 Å². The Morgan fingerprint density at radius 3 is 2.53 bits per heavy atom. The average Bonchev–Trinajstić information content (AvgIpc) is 3.27. The highest BCUT2D eigenvalue weighted by Crippen LogP contribution is 2.47. The average molecular weight is 634 g/mol. The Morgan fingerprint density at radius 2 is 1.83 bits per heavy atom. The van der Waals surface area contributed by atoms with Crippen molar-refractivity contribution in [3.63, 3.8) is 0 Å². The number of nitrogens with one attached hydrogen (secondary N) is 1. The van der Waals surface area contributed by atoms with Crippen LogP contribution >= 0.6 is 0 Å². The molecule has 2 aromatic heterocycles. The molecule has 2 saturated carbocycles. The lowest BCUT2D eigenvalue weighted by Crippen LogP contribution is -2.59. The van der Waals surface area contributed by atoms with Gasteiger partial charge in [0.1, 0.15) is 29.4 Å². The molecule has 1 amide bonds. The lowest BCUT2D eigenvalue weighted by atomic mass is 9.72. The van der Waals surface area contributed by atoms with Crippen LogP contribution < -0.4 is 14.8 Å². The summed E-state index contributed by atoms with van der Waals surface area (Å²) in [6.07, 6.45) is 10.7. The number of benzene rings is 2. The van der Waals surface area contributed by atoms with Gasteiger partial charge in [-0.05, 0) is 85.1 Å². The van der Waals surface area contributed by atoms with E-state index in [1.807, 2.05) is 30.3 Å². The largest absolute Gasteiger partial charge is 0.497 e. The highest BCUT2D eigenvalue weighted by Gasteiger charge is 2.45. The van der Waals surface area contributed by atoms with Crippen molar-refractivity contribution in [2.24, 2.45) is 0 Å². The van der Waals surface area contributed by atoms with Crippen molar-refractivity contribution < 1.29 is 29.0 Å². The Hall–Kier alpha value is -4.92. The van der Waals surface area contributed by atoms with Gasteiger partial charge in [-0.15, -0.1) is 0 Å². The second kappa shape index (κ2) is 12.7. The van der Waals surface area contributed by atoms with Gasteiger partial charge in [-0.1, -0.05) is 43.5 Å². The van der Waals surface area contributed by atoms with Crippen molar-refractivity contribution in [1.82, 2.24) is 14.9 Å². The molecule has 242 valence electrons. The summed E-state index contributed by atoms with van der Waals surface area (Å²) < 4.78 is 13.9. The normalized spacial score (nSPS) is 17.2. The summed E-state index contributed by atoms with van der Waals surface area (Å²) in [5.41, 5.74) is 5.10. The summed E-state index contributed by atoms with van der Waals surface area (Å²) in [7, 11) is 1.65.